The third-order valence-electron chi connectivity index (χ3n) is 2.43. The minimum atomic E-state index is -0.336. The van der Waals surface area contributed by atoms with Crippen LogP contribution in [-0.2, 0) is 11.3 Å². The fourth-order valence-corrected chi connectivity index (χ4v) is 1.41. The summed E-state index contributed by atoms with van der Waals surface area (Å²) in [6, 6.07) is 11.7. The zero-order valence-electron chi connectivity index (χ0n) is 11.3. The fourth-order valence-electron chi connectivity index (χ4n) is 1.41. The number of amides is 1. The Kier molecular flexibility index (Phi) is 6.17. The second-order valence-corrected chi connectivity index (χ2v) is 4.64. The van der Waals surface area contributed by atoms with Gasteiger partial charge in [0.15, 0.2) is 0 Å². The van der Waals surface area contributed by atoms with Gasteiger partial charge in [-0.25, -0.2) is 0 Å². The first-order chi connectivity index (χ1) is 9.13. The van der Waals surface area contributed by atoms with Gasteiger partial charge in [-0.3, -0.25) is 4.79 Å². The van der Waals surface area contributed by atoms with Crippen LogP contribution in [0.25, 0.3) is 0 Å². The number of carbonyl (C=O) groups is 1. The molecule has 1 aromatic carbocycles. The molecule has 0 radical (unpaired) electrons. The molecule has 0 bridgehead atoms. The van der Waals surface area contributed by atoms with Crippen LogP contribution in [0.2, 0.25) is 0 Å². The summed E-state index contributed by atoms with van der Waals surface area (Å²) in [6.07, 6.45) is 1.46. The summed E-state index contributed by atoms with van der Waals surface area (Å²) in [7, 11) is 0. The van der Waals surface area contributed by atoms with Crippen molar-refractivity contribution in [3.63, 3.8) is 0 Å². The Morgan fingerprint density at radius 2 is 2.05 bits per heavy atom. The van der Waals surface area contributed by atoms with Crippen molar-refractivity contribution >= 4 is 5.91 Å². The smallest absolute Gasteiger partial charge is 0.263 e. The minimum Gasteiger partial charge on any atom is -0.386 e. The molecule has 0 aromatic heterocycles. The first kappa shape index (κ1) is 14.8. The average Bonchev–Trinajstić information content (AvgIpc) is 2.42. The second-order valence-electron chi connectivity index (χ2n) is 4.64. The molecular formula is C15H19N3O. The van der Waals surface area contributed by atoms with Gasteiger partial charge in [-0.2, -0.15) is 5.26 Å². The van der Waals surface area contributed by atoms with Gasteiger partial charge in [0.2, 0.25) is 0 Å². The number of nitrogens with one attached hydrogen (secondary N) is 2. The van der Waals surface area contributed by atoms with Crippen LogP contribution in [0.15, 0.2) is 42.1 Å². The van der Waals surface area contributed by atoms with Crippen LogP contribution >= 0.6 is 0 Å². The number of hydrogen-bond donors (Lipinski definition) is 2. The minimum absolute atomic E-state index is 0.0941. The molecular weight excluding hydrogens is 238 g/mol. The maximum atomic E-state index is 11.7. The molecule has 0 fully saturated rings. The summed E-state index contributed by atoms with van der Waals surface area (Å²) in [5.41, 5.74) is 1.19. The van der Waals surface area contributed by atoms with Crippen molar-refractivity contribution in [3.05, 3.63) is 47.7 Å². The lowest BCUT2D eigenvalue weighted by molar-refractivity contribution is -0.117. The Hall–Kier alpha value is -2.28. The molecule has 0 aliphatic carbocycles. The Morgan fingerprint density at radius 1 is 1.37 bits per heavy atom. The fraction of sp³-hybridized carbons (Fsp3) is 0.333. The van der Waals surface area contributed by atoms with Gasteiger partial charge in [-0.05, 0) is 11.5 Å². The lowest BCUT2D eigenvalue weighted by atomic mass is 10.2. The Morgan fingerprint density at radius 3 is 2.63 bits per heavy atom. The maximum Gasteiger partial charge on any atom is 0.263 e. The third-order valence-corrected chi connectivity index (χ3v) is 2.43. The lowest BCUT2D eigenvalue weighted by Crippen LogP contribution is -2.29. The Balaban J connectivity index is 2.48. The van der Waals surface area contributed by atoms with Crippen LogP contribution in [0.4, 0.5) is 0 Å². The summed E-state index contributed by atoms with van der Waals surface area (Å²) in [5.74, 6) is 0.0259. The van der Waals surface area contributed by atoms with Crippen molar-refractivity contribution in [2.24, 2.45) is 5.92 Å². The quantitative estimate of drug-likeness (QED) is 0.605. The number of hydrogen-bond acceptors (Lipinski definition) is 3. The van der Waals surface area contributed by atoms with E-state index in [9.17, 15) is 4.79 Å². The first-order valence-electron chi connectivity index (χ1n) is 6.29. The van der Waals surface area contributed by atoms with Gasteiger partial charge in [0, 0.05) is 19.3 Å². The highest BCUT2D eigenvalue weighted by molar-refractivity contribution is 5.97. The van der Waals surface area contributed by atoms with E-state index in [4.69, 9.17) is 5.26 Å². The molecule has 1 rings (SSSR count). The number of carbonyl (C=O) groups excluding carboxylic acids is 1. The molecule has 1 aromatic rings. The van der Waals surface area contributed by atoms with E-state index >= 15 is 0 Å². The Labute approximate surface area is 114 Å². The van der Waals surface area contributed by atoms with E-state index in [1.54, 1.807) is 0 Å². The lowest BCUT2D eigenvalue weighted by Gasteiger charge is -2.07. The van der Waals surface area contributed by atoms with Crippen molar-refractivity contribution in [1.82, 2.24) is 10.6 Å². The predicted molar refractivity (Wildman–Crippen MR) is 74.8 cm³/mol. The van der Waals surface area contributed by atoms with E-state index in [1.165, 1.54) is 6.20 Å². The zero-order valence-corrected chi connectivity index (χ0v) is 11.3. The highest BCUT2D eigenvalue weighted by atomic mass is 16.1. The van der Waals surface area contributed by atoms with E-state index in [0.717, 1.165) is 5.56 Å². The largest absolute Gasteiger partial charge is 0.386 e. The van der Waals surface area contributed by atoms with Crippen molar-refractivity contribution in [2.45, 2.75) is 20.4 Å². The van der Waals surface area contributed by atoms with Gasteiger partial charge < -0.3 is 10.6 Å². The summed E-state index contributed by atoms with van der Waals surface area (Å²) in [4.78, 5) is 11.7. The molecule has 0 atom stereocenters. The number of rotatable bonds is 6. The maximum absolute atomic E-state index is 11.7. The van der Waals surface area contributed by atoms with Gasteiger partial charge >= 0.3 is 0 Å². The van der Waals surface area contributed by atoms with Crippen LogP contribution in [-0.4, -0.2) is 12.5 Å². The van der Waals surface area contributed by atoms with E-state index < -0.39 is 0 Å². The molecule has 0 spiro atoms. The van der Waals surface area contributed by atoms with E-state index in [1.807, 2.05) is 50.2 Å². The molecule has 0 unspecified atom stereocenters. The first-order valence-corrected chi connectivity index (χ1v) is 6.29. The van der Waals surface area contributed by atoms with Crippen molar-refractivity contribution in [1.29, 1.82) is 5.26 Å². The van der Waals surface area contributed by atoms with Gasteiger partial charge in [0.25, 0.3) is 5.91 Å². The SMILES string of the molecule is CC(C)CNC(=O)/C(C#N)=C\NCc1ccccc1. The molecule has 0 saturated carbocycles. The van der Waals surface area contributed by atoms with Crippen LogP contribution < -0.4 is 10.6 Å². The number of benzene rings is 1. The molecule has 2 N–H and O–H groups in total. The summed E-state index contributed by atoms with van der Waals surface area (Å²) < 4.78 is 0. The molecule has 100 valence electrons. The molecule has 4 nitrogen and oxygen atoms in total. The zero-order chi connectivity index (χ0) is 14.1. The van der Waals surface area contributed by atoms with Crippen LogP contribution in [0, 0.1) is 17.2 Å². The molecule has 1 amide bonds. The summed E-state index contributed by atoms with van der Waals surface area (Å²) in [6.45, 7) is 5.16. The molecule has 19 heavy (non-hydrogen) atoms. The molecule has 0 aliphatic heterocycles. The van der Waals surface area contributed by atoms with E-state index in [-0.39, 0.29) is 11.5 Å². The third kappa shape index (κ3) is 5.73. The normalized spacial score (nSPS) is 10.9. The van der Waals surface area contributed by atoms with Gasteiger partial charge in [-0.1, -0.05) is 44.2 Å². The van der Waals surface area contributed by atoms with Crippen LogP contribution in [0.3, 0.4) is 0 Å². The van der Waals surface area contributed by atoms with Crippen molar-refractivity contribution < 1.29 is 4.79 Å². The standard InChI is InChI=1S/C15H19N3O/c1-12(2)9-18-15(19)14(8-16)11-17-10-13-6-4-3-5-7-13/h3-7,11-12,17H,9-10H2,1-2H3,(H,18,19)/b14-11-. The van der Waals surface area contributed by atoms with Crippen LogP contribution in [0.1, 0.15) is 19.4 Å². The number of nitriles is 1. The summed E-state index contributed by atoms with van der Waals surface area (Å²) in [5, 5.41) is 14.6. The van der Waals surface area contributed by atoms with Gasteiger partial charge in [0.1, 0.15) is 11.6 Å². The average molecular weight is 257 g/mol. The topological polar surface area (TPSA) is 64.9 Å². The number of nitrogens with zero attached hydrogens (tertiary/aromatic N) is 1. The predicted octanol–water partition coefficient (Wildman–Crippen LogP) is 1.96. The van der Waals surface area contributed by atoms with Crippen LogP contribution in [0.5, 0.6) is 0 Å². The highest BCUT2D eigenvalue weighted by Crippen LogP contribution is 1.98. The van der Waals surface area contributed by atoms with Gasteiger partial charge in [-0.15, -0.1) is 0 Å². The monoisotopic (exact) mass is 257 g/mol. The molecule has 4 heteroatoms. The molecule has 0 heterocycles. The van der Waals surface area contributed by atoms with Gasteiger partial charge in [0.05, 0.1) is 0 Å². The summed E-state index contributed by atoms with van der Waals surface area (Å²) >= 11 is 0. The second kappa shape index (κ2) is 7.93. The molecule has 0 aliphatic rings. The Bertz CT molecular complexity index is 472. The van der Waals surface area contributed by atoms with Crippen molar-refractivity contribution in [3.8, 4) is 6.07 Å². The molecule has 0 saturated heterocycles. The highest BCUT2D eigenvalue weighted by Gasteiger charge is 2.08. The van der Waals surface area contributed by atoms with E-state index in [2.05, 4.69) is 10.6 Å². The van der Waals surface area contributed by atoms with Crippen molar-refractivity contribution in [2.75, 3.05) is 6.54 Å². The van der Waals surface area contributed by atoms with E-state index in [0.29, 0.717) is 19.0 Å².